The second-order valence-electron chi connectivity index (χ2n) is 4.82. The zero-order chi connectivity index (χ0) is 16.8. The van der Waals surface area contributed by atoms with Gasteiger partial charge in [0.2, 0.25) is 5.82 Å². The normalized spacial score (nSPS) is 10.7. The third kappa shape index (κ3) is 3.26. The maximum absolute atomic E-state index is 9.11. The molecule has 7 nitrogen and oxygen atoms in total. The minimum Gasteiger partial charge on any atom is -0.360 e. The van der Waals surface area contributed by atoms with Gasteiger partial charge in [-0.15, -0.1) is 10.2 Å². The molecule has 0 unspecified atom stereocenters. The third-order valence-electron chi connectivity index (χ3n) is 3.30. The summed E-state index contributed by atoms with van der Waals surface area (Å²) in [4.78, 5) is 0. The van der Waals surface area contributed by atoms with E-state index in [0.717, 1.165) is 16.8 Å². The summed E-state index contributed by atoms with van der Waals surface area (Å²) >= 11 is 0. The SMILES string of the molecule is N#CC(=CNc1ccc(-c2cccc(C#N)c2)cc1)c1nn[nH]n1. The Hall–Kier alpha value is -3.97. The molecule has 0 aliphatic carbocycles. The number of hydrogen-bond donors (Lipinski definition) is 2. The summed E-state index contributed by atoms with van der Waals surface area (Å²) in [5, 5.41) is 34.4. The Morgan fingerprint density at radius 2 is 1.92 bits per heavy atom. The molecular formula is C17H11N7. The van der Waals surface area contributed by atoms with E-state index in [1.165, 1.54) is 6.20 Å². The van der Waals surface area contributed by atoms with Crippen LogP contribution in [-0.2, 0) is 0 Å². The average Bonchev–Trinajstić information content (AvgIpc) is 3.17. The Labute approximate surface area is 137 Å². The van der Waals surface area contributed by atoms with Crippen LogP contribution in [0, 0.1) is 22.7 Å². The fourth-order valence-electron chi connectivity index (χ4n) is 2.11. The molecule has 3 rings (SSSR count). The van der Waals surface area contributed by atoms with Crippen molar-refractivity contribution >= 4 is 11.3 Å². The van der Waals surface area contributed by atoms with E-state index in [9.17, 15) is 0 Å². The maximum atomic E-state index is 9.11. The molecule has 0 spiro atoms. The summed E-state index contributed by atoms with van der Waals surface area (Å²) in [5.41, 5.74) is 3.68. The standard InChI is InChI=1S/C17H11N7/c18-9-12-2-1-3-14(8-12)13-4-6-16(7-5-13)20-11-15(10-19)17-21-23-24-22-17/h1-8,11,20H,(H,21,22,23,24). The molecule has 2 aromatic carbocycles. The highest BCUT2D eigenvalue weighted by Crippen LogP contribution is 2.22. The number of nitriles is 2. The van der Waals surface area contributed by atoms with Crippen LogP contribution in [0.4, 0.5) is 5.69 Å². The topological polar surface area (TPSA) is 114 Å². The molecule has 1 aromatic heterocycles. The summed E-state index contributed by atoms with van der Waals surface area (Å²) in [6.07, 6.45) is 1.52. The van der Waals surface area contributed by atoms with Crippen LogP contribution in [0.3, 0.4) is 0 Å². The van der Waals surface area contributed by atoms with Gasteiger partial charge in [-0.3, -0.25) is 0 Å². The predicted octanol–water partition coefficient (Wildman–Crippen LogP) is 2.71. The van der Waals surface area contributed by atoms with Gasteiger partial charge in [0.15, 0.2) is 0 Å². The minimum absolute atomic E-state index is 0.231. The number of tetrazole rings is 1. The molecule has 2 N–H and O–H groups in total. The number of benzene rings is 2. The lowest BCUT2D eigenvalue weighted by atomic mass is 10.0. The quantitative estimate of drug-likeness (QED) is 0.716. The average molecular weight is 313 g/mol. The number of nitrogens with zero attached hydrogens (tertiary/aromatic N) is 5. The molecule has 0 aliphatic heterocycles. The van der Waals surface area contributed by atoms with Crippen LogP contribution in [0.15, 0.2) is 54.7 Å². The first kappa shape index (κ1) is 14.9. The van der Waals surface area contributed by atoms with Gasteiger partial charge >= 0.3 is 0 Å². The van der Waals surface area contributed by atoms with Crippen molar-refractivity contribution in [1.82, 2.24) is 20.6 Å². The van der Waals surface area contributed by atoms with Gasteiger partial charge in [0, 0.05) is 11.9 Å². The number of nitrogens with one attached hydrogen (secondary N) is 2. The van der Waals surface area contributed by atoms with Gasteiger partial charge in [0.1, 0.15) is 11.6 Å². The number of rotatable bonds is 4. The zero-order valence-corrected chi connectivity index (χ0v) is 12.4. The molecule has 3 aromatic rings. The third-order valence-corrected chi connectivity index (χ3v) is 3.30. The van der Waals surface area contributed by atoms with Gasteiger partial charge in [0.25, 0.3) is 0 Å². The molecule has 0 atom stereocenters. The van der Waals surface area contributed by atoms with Gasteiger partial charge < -0.3 is 5.32 Å². The van der Waals surface area contributed by atoms with Crippen molar-refractivity contribution in [1.29, 1.82) is 10.5 Å². The lowest BCUT2D eigenvalue weighted by Gasteiger charge is -2.05. The van der Waals surface area contributed by atoms with E-state index in [2.05, 4.69) is 32.0 Å². The molecule has 0 saturated carbocycles. The maximum Gasteiger partial charge on any atom is 0.216 e. The van der Waals surface area contributed by atoms with Gasteiger partial charge in [-0.1, -0.05) is 24.3 Å². The van der Waals surface area contributed by atoms with Crippen molar-refractivity contribution in [3.8, 4) is 23.3 Å². The summed E-state index contributed by atoms with van der Waals surface area (Å²) < 4.78 is 0. The number of allylic oxidation sites excluding steroid dienone is 1. The van der Waals surface area contributed by atoms with E-state index in [1.807, 2.05) is 48.5 Å². The number of hydrogen-bond acceptors (Lipinski definition) is 6. The minimum atomic E-state index is 0.231. The Kier molecular flexibility index (Phi) is 4.27. The summed E-state index contributed by atoms with van der Waals surface area (Å²) in [6, 6.07) is 19.2. The molecule has 0 amide bonds. The largest absolute Gasteiger partial charge is 0.360 e. The van der Waals surface area contributed by atoms with Gasteiger partial charge in [-0.05, 0) is 40.6 Å². The van der Waals surface area contributed by atoms with Crippen LogP contribution in [-0.4, -0.2) is 20.6 Å². The molecule has 1 heterocycles. The highest BCUT2D eigenvalue weighted by Gasteiger charge is 2.05. The Morgan fingerprint density at radius 1 is 1.08 bits per heavy atom. The summed E-state index contributed by atoms with van der Waals surface area (Å²) in [5.74, 6) is 0.231. The van der Waals surface area contributed by atoms with Crippen molar-refractivity contribution in [2.45, 2.75) is 0 Å². The smallest absolute Gasteiger partial charge is 0.216 e. The Balaban J connectivity index is 1.78. The molecule has 0 fully saturated rings. The van der Waals surface area contributed by atoms with Crippen molar-refractivity contribution in [2.24, 2.45) is 0 Å². The second kappa shape index (κ2) is 6.86. The number of anilines is 1. The van der Waals surface area contributed by atoms with Crippen molar-refractivity contribution < 1.29 is 0 Å². The van der Waals surface area contributed by atoms with Crippen LogP contribution in [0.2, 0.25) is 0 Å². The first-order valence-corrected chi connectivity index (χ1v) is 7.01. The molecule has 114 valence electrons. The highest BCUT2D eigenvalue weighted by molar-refractivity contribution is 5.74. The molecular weight excluding hydrogens is 302 g/mol. The first-order chi connectivity index (χ1) is 11.8. The van der Waals surface area contributed by atoms with Crippen molar-refractivity contribution in [2.75, 3.05) is 5.32 Å². The van der Waals surface area contributed by atoms with Crippen molar-refractivity contribution in [3.05, 3.63) is 66.1 Å². The molecule has 0 aliphatic rings. The lowest BCUT2D eigenvalue weighted by molar-refractivity contribution is 0.881. The monoisotopic (exact) mass is 313 g/mol. The van der Waals surface area contributed by atoms with Crippen LogP contribution in [0.25, 0.3) is 16.7 Å². The van der Waals surface area contributed by atoms with Crippen LogP contribution in [0.1, 0.15) is 11.4 Å². The highest BCUT2D eigenvalue weighted by atomic mass is 15.5. The number of H-pyrrole nitrogens is 1. The molecule has 24 heavy (non-hydrogen) atoms. The first-order valence-electron chi connectivity index (χ1n) is 7.01. The van der Waals surface area contributed by atoms with Crippen LogP contribution < -0.4 is 5.32 Å². The van der Waals surface area contributed by atoms with Crippen molar-refractivity contribution in [3.63, 3.8) is 0 Å². The van der Waals surface area contributed by atoms with E-state index in [1.54, 1.807) is 6.07 Å². The molecule has 0 saturated heterocycles. The Morgan fingerprint density at radius 3 is 2.58 bits per heavy atom. The molecule has 0 radical (unpaired) electrons. The van der Waals surface area contributed by atoms with Gasteiger partial charge in [0.05, 0.1) is 11.6 Å². The van der Waals surface area contributed by atoms with E-state index >= 15 is 0 Å². The summed E-state index contributed by atoms with van der Waals surface area (Å²) in [7, 11) is 0. The molecule has 7 heteroatoms. The zero-order valence-electron chi connectivity index (χ0n) is 12.4. The van der Waals surface area contributed by atoms with Crippen LogP contribution in [0.5, 0.6) is 0 Å². The van der Waals surface area contributed by atoms with E-state index in [4.69, 9.17) is 10.5 Å². The number of aromatic nitrogens is 4. The van der Waals surface area contributed by atoms with E-state index in [-0.39, 0.29) is 11.4 Å². The lowest BCUT2D eigenvalue weighted by Crippen LogP contribution is -1.93. The number of aromatic amines is 1. The van der Waals surface area contributed by atoms with Gasteiger partial charge in [-0.25, -0.2) is 0 Å². The fourth-order valence-corrected chi connectivity index (χ4v) is 2.11. The van der Waals surface area contributed by atoms with Gasteiger partial charge in [-0.2, -0.15) is 15.7 Å². The van der Waals surface area contributed by atoms with E-state index < -0.39 is 0 Å². The predicted molar refractivity (Wildman–Crippen MR) is 88.0 cm³/mol. The van der Waals surface area contributed by atoms with E-state index in [0.29, 0.717) is 5.56 Å². The van der Waals surface area contributed by atoms with Crippen LogP contribution >= 0.6 is 0 Å². The Bertz CT molecular complexity index is 942. The summed E-state index contributed by atoms with van der Waals surface area (Å²) in [6.45, 7) is 0. The second-order valence-corrected chi connectivity index (χ2v) is 4.82. The fraction of sp³-hybridized carbons (Fsp3) is 0. The molecule has 0 bridgehead atoms.